The summed E-state index contributed by atoms with van der Waals surface area (Å²) in [5.74, 6) is 0. The van der Waals surface area contributed by atoms with E-state index in [1.807, 2.05) is 13.0 Å². The highest BCUT2D eigenvalue weighted by molar-refractivity contribution is 5.92. The van der Waals surface area contributed by atoms with Gasteiger partial charge in [0, 0.05) is 5.71 Å². The van der Waals surface area contributed by atoms with E-state index in [0.717, 1.165) is 12.1 Å². The molecule has 2 heteroatoms. The van der Waals surface area contributed by atoms with Crippen LogP contribution >= 0.6 is 0 Å². The quantitative estimate of drug-likeness (QED) is 0.670. The Morgan fingerprint density at radius 1 is 1.46 bits per heavy atom. The average molecular weight is 182 g/mol. The summed E-state index contributed by atoms with van der Waals surface area (Å²) in [7, 11) is 0. The fourth-order valence-electron chi connectivity index (χ4n) is 1.33. The van der Waals surface area contributed by atoms with E-state index in [2.05, 4.69) is 32.7 Å². The maximum absolute atomic E-state index is 5.29. The van der Waals surface area contributed by atoms with Crippen LogP contribution in [-0.2, 0) is 0 Å². The molecule has 0 bridgehead atoms. The number of hydrogen-bond donors (Lipinski definition) is 1. The number of nitrogens with zero attached hydrogens (tertiary/aromatic N) is 1. The van der Waals surface area contributed by atoms with Crippen molar-refractivity contribution in [1.29, 1.82) is 0 Å². The van der Waals surface area contributed by atoms with Crippen molar-refractivity contribution >= 4 is 5.71 Å². The zero-order chi connectivity index (χ0) is 10.5. The molecule has 0 aromatic carbocycles. The van der Waals surface area contributed by atoms with Crippen molar-refractivity contribution < 1.29 is 0 Å². The summed E-state index contributed by atoms with van der Waals surface area (Å²) in [5.41, 5.74) is 6.53. The Bertz CT molecular complexity index is 197. The standard InChI is InChI=1S/C11H22N2/c1-6-10(11(3,4)5)13-9(2)7-8-12/h7-8,10H,6,12H2,1-5H3/b8-7-,13-9?. The molecule has 2 nitrogen and oxygen atoms in total. The summed E-state index contributed by atoms with van der Waals surface area (Å²) in [6.07, 6.45) is 4.45. The van der Waals surface area contributed by atoms with Crippen LogP contribution in [0.5, 0.6) is 0 Å². The Labute approximate surface area is 81.9 Å². The first kappa shape index (κ1) is 12.2. The molecule has 0 saturated carbocycles. The molecule has 0 saturated heterocycles. The predicted molar refractivity (Wildman–Crippen MR) is 60.0 cm³/mol. The van der Waals surface area contributed by atoms with Crippen molar-refractivity contribution in [2.24, 2.45) is 16.1 Å². The lowest BCUT2D eigenvalue weighted by Gasteiger charge is -2.26. The Hall–Kier alpha value is -0.790. The molecule has 0 aromatic rings. The average Bonchev–Trinajstić information content (AvgIpc) is 1.98. The maximum Gasteiger partial charge on any atom is 0.0548 e. The van der Waals surface area contributed by atoms with Gasteiger partial charge in [-0.3, -0.25) is 4.99 Å². The summed E-state index contributed by atoms with van der Waals surface area (Å²) in [6.45, 7) is 10.8. The number of rotatable bonds is 3. The van der Waals surface area contributed by atoms with E-state index in [1.165, 1.54) is 6.20 Å². The Morgan fingerprint density at radius 2 is 2.00 bits per heavy atom. The second-order valence-electron chi connectivity index (χ2n) is 4.42. The molecule has 0 spiro atoms. The van der Waals surface area contributed by atoms with Crippen LogP contribution in [0.1, 0.15) is 41.0 Å². The minimum absolute atomic E-state index is 0.235. The van der Waals surface area contributed by atoms with Gasteiger partial charge in [-0.25, -0.2) is 0 Å². The highest BCUT2D eigenvalue weighted by Gasteiger charge is 2.21. The Balaban J connectivity index is 4.53. The van der Waals surface area contributed by atoms with Crippen LogP contribution in [0.4, 0.5) is 0 Å². The molecule has 76 valence electrons. The van der Waals surface area contributed by atoms with Gasteiger partial charge in [0.25, 0.3) is 0 Å². The normalized spacial score (nSPS) is 16.5. The molecule has 0 fully saturated rings. The Kier molecular flexibility index (Phi) is 4.74. The molecule has 0 heterocycles. The van der Waals surface area contributed by atoms with Gasteiger partial charge in [-0.15, -0.1) is 0 Å². The highest BCUT2D eigenvalue weighted by Crippen LogP contribution is 2.24. The van der Waals surface area contributed by atoms with E-state index in [1.54, 1.807) is 0 Å². The van der Waals surface area contributed by atoms with Crippen molar-refractivity contribution in [3.05, 3.63) is 12.3 Å². The molecule has 0 radical (unpaired) electrons. The van der Waals surface area contributed by atoms with Gasteiger partial charge in [0.05, 0.1) is 6.04 Å². The zero-order valence-electron chi connectivity index (χ0n) is 9.46. The summed E-state index contributed by atoms with van der Waals surface area (Å²) in [4.78, 5) is 4.61. The first-order valence-corrected chi connectivity index (χ1v) is 4.84. The fourth-order valence-corrected chi connectivity index (χ4v) is 1.33. The van der Waals surface area contributed by atoms with E-state index >= 15 is 0 Å². The molecule has 0 amide bonds. The number of nitrogens with two attached hydrogens (primary N) is 1. The van der Waals surface area contributed by atoms with Crippen LogP contribution in [0.15, 0.2) is 17.3 Å². The third kappa shape index (κ3) is 4.71. The minimum atomic E-state index is 0.235. The van der Waals surface area contributed by atoms with Crippen molar-refractivity contribution in [1.82, 2.24) is 0 Å². The van der Waals surface area contributed by atoms with E-state index in [-0.39, 0.29) is 5.41 Å². The van der Waals surface area contributed by atoms with Gasteiger partial charge in [0.2, 0.25) is 0 Å². The summed E-state index contributed by atoms with van der Waals surface area (Å²) < 4.78 is 0. The molecular formula is C11H22N2. The summed E-state index contributed by atoms with van der Waals surface area (Å²) >= 11 is 0. The lowest BCUT2D eigenvalue weighted by atomic mass is 9.85. The third-order valence-electron chi connectivity index (χ3n) is 2.08. The van der Waals surface area contributed by atoms with Crippen molar-refractivity contribution in [2.45, 2.75) is 47.1 Å². The van der Waals surface area contributed by atoms with Gasteiger partial charge in [0.15, 0.2) is 0 Å². The molecule has 2 N–H and O–H groups in total. The molecule has 0 rings (SSSR count). The van der Waals surface area contributed by atoms with Crippen LogP contribution in [0, 0.1) is 5.41 Å². The molecule has 1 unspecified atom stereocenters. The SMILES string of the molecule is CCC(N=C(C)/C=C\N)C(C)(C)C. The molecular weight excluding hydrogens is 160 g/mol. The third-order valence-corrected chi connectivity index (χ3v) is 2.08. The molecule has 1 atom stereocenters. The van der Waals surface area contributed by atoms with Crippen LogP contribution < -0.4 is 5.73 Å². The molecule has 0 aliphatic carbocycles. The van der Waals surface area contributed by atoms with Gasteiger partial charge >= 0.3 is 0 Å². The van der Waals surface area contributed by atoms with E-state index in [0.29, 0.717) is 6.04 Å². The number of aliphatic imine (C=N–C) groups is 1. The topological polar surface area (TPSA) is 38.4 Å². The van der Waals surface area contributed by atoms with E-state index < -0.39 is 0 Å². The lowest BCUT2D eigenvalue weighted by molar-refractivity contribution is 0.315. The van der Waals surface area contributed by atoms with Gasteiger partial charge in [-0.2, -0.15) is 0 Å². The summed E-state index contributed by atoms with van der Waals surface area (Å²) in [5, 5.41) is 0. The van der Waals surface area contributed by atoms with E-state index in [4.69, 9.17) is 5.73 Å². The van der Waals surface area contributed by atoms with Crippen LogP contribution in [0.3, 0.4) is 0 Å². The van der Waals surface area contributed by atoms with Gasteiger partial charge in [-0.05, 0) is 31.0 Å². The number of hydrogen-bond acceptors (Lipinski definition) is 2. The van der Waals surface area contributed by atoms with Crippen molar-refractivity contribution in [2.75, 3.05) is 0 Å². The lowest BCUT2D eigenvalue weighted by Crippen LogP contribution is -2.24. The fraction of sp³-hybridized carbons (Fsp3) is 0.727. The Morgan fingerprint density at radius 3 is 2.31 bits per heavy atom. The molecule has 0 aliphatic heterocycles. The number of allylic oxidation sites excluding steroid dienone is 1. The van der Waals surface area contributed by atoms with Gasteiger partial charge < -0.3 is 5.73 Å². The minimum Gasteiger partial charge on any atom is -0.405 e. The maximum atomic E-state index is 5.29. The highest BCUT2D eigenvalue weighted by atomic mass is 14.8. The smallest absolute Gasteiger partial charge is 0.0548 e. The van der Waals surface area contributed by atoms with Crippen LogP contribution in [-0.4, -0.2) is 11.8 Å². The van der Waals surface area contributed by atoms with Crippen LogP contribution in [0.25, 0.3) is 0 Å². The monoisotopic (exact) mass is 182 g/mol. The summed E-state index contributed by atoms with van der Waals surface area (Å²) in [6, 6.07) is 0.378. The van der Waals surface area contributed by atoms with Crippen molar-refractivity contribution in [3.8, 4) is 0 Å². The van der Waals surface area contributed by atoms with Crippen LogP contribution in [0.2, 0.25) is 0 Å². The predicted octanol–water partition coefficient (Wildman–Crippen LogP) is 2.74. The van der Waals surface area contributed by atoms with Gasteiger partial charge in [0.1, 0.15) is 0 Å². The molecule has 0 aliphatic rings. The molecule has 13 heavy (non-hydrogen) atoms. The zero-order valence-corrected chi connectivity index (χ0v) is 9.46. The van der Waals surface area contributed by atoms with Gasteiger partial charge in [-0.1, -0.05) is 27.7 Å². The second-order valence-corrected chi connectivity index (χ2v) is 4.42. The molecule has 0 aromatic heterocycles. The van der Waals surface area contributed by atoms with Crippen molar-refractivity contribution in [3.63, 3.8) is 0 Å². The first-order chi connectivity index (χ1) is 5.91. The largest absolute Gasteiger partial charge is 0.405 e. The first-order valence-electron chi connectivity index (χ1n) is 4.84. The van der Waals surface area contributed by atoms with E-state index in [9.17, 15) is 0 Å². The second kappa shape index (κ2) is 5.05.